The number of halogens is 4. The molecular formula is C35H35F4NO5. The van der Waals surface area contributed by atoms with Crippen LogP contribution in [-0.2, 0) is 10.9 Å². The van der Waals surface area contributed by atoms with Gasteiger partial charge in [-0.3, -0.25) is 4.90 Å². The fraction of sp³-hybridized carbons (Fsp3) is 0.371. The summed E-state index contributed by atoms with van der Waals surface area (Å²) in [5.74, 6) is -1.30. The SMILES string of the molecule is COc1cc(F)c(-c2ccc(C(=O)O)cc2)cc1C1=C(CN2C(=O)O[C@H](c3cc(C)cc(C(F)(F)F)c3)[C@@H]2C)CC(C)(C)CC1. The number of aromatic carboxylic acids is 1. The van der Waals surface area contributed by atoms with Crippen LogP contribution in [0.15, 0.2) is 60.2 Å². The van der Waals surface area contributed by atoms with E-state index < -0.39 is 41.8 Å². The smallest absolute Gasteiger partial charge is 0.416 e. The van der Waals surface area contributed by atoms with Crippen molar-refractivity contribution in [2.24, 2.45) is 5.41 Å². The van der Waals surface area contributed by atoms with E-state index in [-0.39, 0.29) is 28.7 Å². The van der Waals surface area contributed by atoms with E-state index in [4.69, 9.17) is 9.47 Å². The van der Waals surface area contributed by atoms with E-state index >= 15 is 4.39 Å². The largest absolute Gasteiger partial charge is 0.496 e. The molecule has 5 rings (SSSR count). The highest BCUT2D eigenvalue weighted by Crippen LogP contribution is 2.47. The number of cyclic esters (lactones) is 1. The maximum absolute atomic E-state index is 15.4. The lowest BCUT2D eigenvalue weighted by atomic mass is 9.72. The van der Waals surface area contributed by atoms with Crippen molar-refractivity contribution in [1.29, 1.82) is 0 Å². The minimum Gasteiger partial charge on any atom is -0.496 e. The fourth-order valence-corrected chi connectivity index (χ4v) is 6.37. The first-order valence-electron chi connectivity index (χ1n) is 14.7. The molecule has 0 bridgehead atoms. The molecule has 3 aromatic carbocycles. The number of allylic oxidation sites excluding steroid dienone is 1. The zero-order chi connectivity index (χ0) is 32.8. The quantitative estimate of drug-likeness (QED) is 0.265. The van der Waals surface area contributed by atoms with Crippen molar-refractivity contribution in [3.63, 3.8) is 0 Å². The lowest BCUT2D eigenvalue weighted by molar-refractivity contribution is -0.137. The topological polar surface area (TPSA) is 76.1 Å². The Bertz CT molecular complexity index is 1680. The maximum atomic E-state index is 15.4. The second kappa shape index (κ2) is 11.9. The van der Waals surface area contributed by atoms with Gasteiger partial charge in [0.2, 0.25) is 0 Å². The number of methoxy groups -OCH3 is 1. The van der Waals surface area contributed by atoms with Gasteiger partial charge in [-0.15, -0.1) is 0 Å². The van der Waals surface area contributed by atoms with Crippen LogP contribution in [0.4, 0.5) is 22.4 Å². The van der Waals surface area contributed by atoms with Gasteiger partial charge in [-0.25, -0.2) is 14.0 Å². The second-order valence-corrected chi connectivity index (χ2v) is 12.6. The summed E-state index contributed by atoms with van der Waals surface area (Å²) in [7, 11) is 1.45. The van der Waals surface area contributed by atoms with Gasteiger partial charge < -0.3 is 14.6 Å². The van der Waals surface area contributed by atoms with Crippen molar-refractivity contribution in [1.82, 2.24) is 4.90 Å². The molecule has 0 unspecified atom stereocenters. The second-order valence-electron chi connectivity index (χ2n) is 12.6. The molecule has 1 saturated heterocycles. The van der Waals surface area contributed by atoms with Crippen molar-refractivity contribution in [3.05, 3.63) is 93.8 Å². The van der Waals surface area contributed by atoms with Crippen LogP contribution in [0.1, 0.15) is 78.7 Å². The number of benzene rings is 3. The van der Waals surface area contributed by atoms with E-state index in [1.807, 2.05) is 0 Å². The summed E-state index contributed by atoms with van der Waals surface area (Å²) in [6.45, 7) is 7.76. The first-order valence-corrected chi connectivity index (χ1v) is 14.7. The normalized spacial score (nSPS) is 19.9. The van der Waals surface area contributed by atoms with Gasteiger partial charge in [0, 0.05) is 23.7 Å². The van der Waals surface area contributed by atoms with Gasteiger partial charge in [-0.05, 0) is 91.1 Å². The standard InChI is InChI=1S/C35H35F4NO5/c1-19-12-23(14-25(13-19)35(37,38)39)31-20(2)40(33(43)45-31)18-24-17-34(3,4)11-10-26(24)28-15-27(29(36)16-30(28)44-5)21-6-8-22(9-7-21)32(41)42/h6-9,12-16,20,31H,10-11,17-18H2,1-5H3,(H,41,42)/t20-,31-/m0/s1. The molecule has 45 heavy (non-hydrogen) atoms. The van der Waals surface area contributed by atoms with Crippen molar-refractivity contribution in [2.75, 3.05) is 13.7 Å². The van der Waals surface area contributed by atoms with Crippen LogP contribution in [0.2, 0.25) is 0 Å². The van der Waals surface area contributed by atoms with Gasteiger partial charge in [0.15, 0.2) is 0 Å². The van der Waals surface area contributed by atoms with Crippen molar-refractivity contribution in [3.8, 4) is 16.9 Å². The number of carbonyl (C=O) groups excluding carboxylic acids is 1. The number of rotatable bonds is 7. The van der Waals surface area contributed by atoms with Crippen LogP contribution < -0.4 is 4.74 Å². The summed E-state index contributed by atoms with van der Waals surface area (Å²) in [6.07, 6.45) is -3.99. The van der Waals surface area contributed by atoms with Gasteiger partial charge in [-0.1, -0.05) is 37.6 Å². The molecule has 1 aliphatic heterocycles. The molecule has 238 valence electrons. The molecule has 0 spiro atoms. The number of ether oxygens (including phenoxy) is 2. The number of alkyl halides is 3. The predicted octanol–water partition coefficient (Wildman–Crippen LogP) is 9.07. The highest BCUT2D eigenvalue weighted by atomic mass is 19.4. The molecule has 10 heteroatoms. The molecule has 2 aliphatic rings. The van der Waals surface area contributed by atoms with Gasteiger partial charge in [0.05, 0.1) is 24.3 Å². The minimum absolute atomic E-state index is 0.0811. The summed E-state index contributed by atoms with van der Waals surface area (Å²) in [6, 6.07) is 12.1. The number of amides is 1. The Morgan fingerprint density at radius 1 is 1.09 bits per heavy atom. The highest BCUT2D eigenvalue weighted by Gasteiger charge is 2.42. The molecule has 1 aliphatic carbocycles. The minimum atomic E-state index is -4.54. The van der Waals surface area contributed by atoms with Gasteiger partial charge in [0.25, 0.3) is 0 Å². The highest BCUT2D eigenvalue weighted by molar-refractivity contribution is 5.88. The molecule has 1 N–H and O–H groups in total. The van der Waals surface area contributed by atoms with Crippen LogP contribution in [0.25, 0.3) is 16.7 Å². The van der Waals surface area contributed by atoms with Gasteiger partial charge in [-0.2, -0.15) is 13.2 Å². The summed E-state index contributed by atoms with van der Waals surface area (Å²) < 4.78 is 67.3. The van der Waals surface area contributed by atoms with Crippen LogP contribution in [-0.4, -0.2) is 41.8 Å². The summed E-state index contributed by atoms with van der Waals surface area (Å²) in [5, 5.41) is 9.27. The zero-order valence-corrected chi connectivity index (χ0v) is 25.7. The fourth-order valence-electron chi connectivity index (χ4n) is 6.37. The molecular weight excluding hydrogens is 590 g/mol. The van der Waals surface area contributed by atoms with Crippen LogP contribution >= 0.6 is 0 Å². The van der Waals surface area contributed by atoms with E-state index in [2.05, 4.69) is 13.8 Å². The third-order valence-corrected chi connectivity index (χ3v) is 8.74. The van der Waals surface area contributed by atoms with E-state index in [1.165, 1.54) is 25.3 Å². The molecule has 2 atom stereocenters. The van der Waals surface area contributed by atoms with Crippen molar-refractivity contribution >= 4 is 17.6 Å². The van der Waals surface area contributed by atoms with E-state index in [1.54, 1.807) is 43.0 Å². The van der Waals surface area contributed by atoms with E-state index in [9.17, 15) is 27.9 Å². The Morgan fingerprint density at radius 3 is 2.40 bits per heavy atom. The molecule has 6 nitrogen and oxygen atoms in total. The first-order chi connectivity index (χ1) is 21.1. The first kappa shape index (κ1) is 32.1. The van der Waals surface area contributed by atoms with Gasteiger partial charge >= 0.3 is 18.2 Å². The molecule has 0 aromatic heterocycles. The maximum Gasteiger partial charge on any atom is 0.416 e. The van der Waals surface area contributed by atoms with Crippen molar-refractivity contribution in [2.45, 2.75) is 65.3 Å². The third-order valence-electron chi connectivity index (χ3n) is 8.74. The average Bonchev–Trinajstić information content (AvgIpc) is 3.24. The number of carboxylic acid groups (broad SMARTS) is 1. The molecule has 1 amide bonds. The van der Waals surface area contributed by atoms with Crippen LogP contribution in [0.5, 0.6) is 5.75 Å². The Morgan fingerprint density at radius 2 is 1.78 bits per heavy atom. The number of hydrogen-bond acceptors (Lipinski definition) is 4. The number of carbonyl (C=O) groups is 2. The number of hydrogen-bond donors (Lipinski definition) is 1. The monoisotopic (exact) mass is 625 g/mol. The Kier molecular flexibility index (Phi) is 8.46. The van der Waals surface area contributed by atoms with Crippen molar-refractivity contribution < 1.29 is 41.7 Å². The van der Waals surface area contributed by atoms with E-state index in [0.717, 1.165) is 29.7 Å². The molecule has 0 radical (unpaired) electrons. The average molecular weight is 626 g/mol. The summed E-state index contributed by atoms with van der Waals surface area (Å²) in [5.41, 5.74) is 3.12. The summed E-state index contributed by atoms with van der Waals surface area (Å²) in [4.78, 5) is 26.1. The molecule has 3 aromatic rings. The molecule has 0 saturated carbocycles. The number of carboxylic acids is 1. The Hall–Kier alpha value is -4.34. The summed E-state index contributed by atoms with van der Waals surface area (Å²) >= 11 is 0. The Labute approximate surface area is 259 Å². The number of nitrogens with zero attached hydrogens (tertiary/aromatic N) is 1. The van der Waals surface area contributed by atoms with Crippen LogP contribution in [0.3, 0.4) is 0 Å². The van der Waals surface area contributed by atoms with E-state index in [0.29, 0.717) is 35.3 Å². The number of aryl methyl sites for hydroxylation is 1. The third kappa shape index (κ3) is 6.55. The Balaban J connectivity index is 1.54. The van der Waals surface area contributed by atoms with Gasteiger partial charge in [0.1, 0.15) is 17.7 Å². The lowest BCUT2D eigenvalue weighted by Gasteiger charge is -2.36. The zero-order valence-electron chi connectivity index (χ0n) is 25.7. The molecule has 1 heterocycles. The predicted molar refractivity (Wildman–Crippen MR) is 161 cm³/mol. The lowest BCUT2D eigenvalue weighted by Crippen LogP contribution is -2.35. The van der Waals surface area contributed by atoms with Crippen LogP contribution in [0, 0.1) is 18.2 Å². The molecule has 1 fully saturated rings.